The van der Waals surface area contributed by atoms with Crippen LogP contribution in [0.3, 0.4) is 0 Å². The molecular formula is C28H41NO5. The van der Waals surface area contributed by atoms with Gasteiger partial charge in [-0.1, -0.05) is 40.7 Å². The van der Waals surface area contributed by atoms with E-state index in [0.29, 0.717) is 6.61 Å². The number of rotatable bonds is 5. The maximum absolute atomic E-state index is 6.57. The summed E-state index contributed by atoms with van der Waals surface area (Å²) in [7, 11) is 1.72. The van der Waals surface area contributed by atoms with Crippen molar-refractivity contribution < 1.29 is 23.7 Å². The first-order chi connectivity index (χ1) is 16.7. The number of methoxy groups -OCH3 is 1. The molecule has 3 unspecified atom stereocenters. The van der Waals surface area contributed by atoms with Crippen molar-refractivity contribution in [3.8, 4) is 28.7 Å². The van der Waals surface area contributed by atoms with E-state index in [1.54, 1.807) is 7.11 Å². The normalized spacial score (nSPS) is 22.4. The lowest BCUT2D eigenvalue weighted by atomic mass is 9.77. The summed E-state index contributed by atoms with van der Waals surface area (Å²) in [6, 6.07) is 10.2. The Morgan fingerprint density at radius 3 is 2.24 bits per heavy atom. The minimum absolute atomic E-state index is 0.0154. The van der Waals surface area contributed by atoms with Gasteiger partial charge in [-0.2, -0.15) is 0 Å². The van der Waals surface area contributed by atoms with Crippen molar-refractivity contribution in [2.45, 2.75) is 66.5 Å². The quantitative estimate of drug-likeness (QED) is 0.499. The molecule has 34 heavy (non-hydrogen) atoms. The van der Waals surface area contributed by atoms with Gasteiger partial charge in [0.15, 0.2) is 17.7 Å². The van der Waals surface area contributed by atoms with Gasteiger partial charge >= 0.3 is 0 Å². The van der Waals surface area contributed by atoms with Crippen molar-refractivity contribution in [3.63, 3.8) is 0 Å². The second-order valence-corrected chi connectivity index (χ2v) is 8.17. The van der Waals surface area contributed by atoms with Gasteiger partial charge in [-0.25, -0.2) is 0 Å². The fourth-order valence-corrected chi connectivity index (χ4v) is 5.03. The van der Waals surface area contributed by atoms with E-state index >= 15 is 0 Å². The van der Waals surface area contributed by atoms with Gasteiger partial charge in [0.25, 0.3) is 0 Å². The number of hydrogen-bond donors (Lipinski definition) is 0. The smallest absolute Gasteiger partial charge is 0.231 e. The first-order valence-electron chi connectivity index (χ1n) is 12.8. The molecule has 0 bridgehead atoms. The molecule has 6 heteroatoms. The van der Waals surface area contributed by atoms with E-state index in [2.05, 4.69) is 24.0 Å². The van der Waals surface area contributed by atoms with Crippen molar-refractivity contribution in [2.75, 3.05) is 33.6 Å². The summed E-state index contributed by atoms with van der Waals surface area (Å²) >= 11 is 0. The van der Waals surface area contributed by atoms with Crippen LogP contribution in [0.4, 0.5) is 0 Å². The molecule has 188 valence electrons. The molecule has 6 nitrogen and oxygen atoms in total. The van der Waals surface area contributed by atoms with Crippen LogP contribution in [-0.4, -0.2) is 44.7 Å². The number of fused-ring (bicyclic) bond motifs is 2. The molecule has 0 saturated carbocycles. The molecule has 1 fully saturated rings. The van der Waals surface area contributed by atoms with Gasteiger partial charge in [-0.05, 0) is 31.9 Å². The van der Waals surface area contributed by atoms with Crippen LogP contribution in [0.15, 0.2) is 30.3 Å². The number of benzene rings is 2. The fourth-order valence-electron chi connectivity index (χ4n) is 5.03. The third kappa shape index (κ3) is 5.07. The van der Waals surface area contributed by atoms with Gasteiger partial charge < -0.3 is 23.7 Å². The zero-order valence-corrected chi connectivity index (χ0v) is 21.8. The highest BCUT2D eigenvalue weighted by Crippen LogP contribution is 2.51. The molecule has 0 radical (unpaired) electrons. The fraction of sp³-hybridized carbons (Fsp3) is 0.571. The van der Waals surface area contributed by atoms with Crippen molar-refractivity contribution in [1.29, 1.82) is 0 Å². The minimum Gasteiger partial charge on any atom is -0.496 e. The Bertz CT molecular complexity index is 925. The van der Waals surface area contributed by atoms with Crippen molar-refractivity contribution in [2.24, 2.45) is 5.92 Å². The Morgan fingerprint density at radius 2 is 1.59 bits per heavy atom. The maximum Gasteiger partial charge on any atom is 0.231 e. The molecule has 2 aromatic rings. The predicted molar refractivity (Wildman–Crippen MR) is 136 cm³/mol. The highest BCUT2D eigenvalue weighted by atomic mass is 16.7. The van der Waals surface area contributed by atoms with Crippen LogP contribution in [0.2, 0.25) is 0 Å². The predicted octanol–water partition coefficient (Wildman–Crippen LogP) is 6.46. The van der Waals surface area contributed by atoms with Gasteiger partial charge in [0, 0.05) is 48.2 Å². The largest absolute Gasteiger partial charge is 0.496 e. The van der Waals surface area contributed by atoms with Crippen molar-refractivity contribution >= 4 is 0 Å². The van der Waals surface area contributed by atoms with Gasteiger partial charge in [-0.15, -0.1) is 0 Å². The lowest BCUT2D eigenvalue weighted by Gasteiger charge is -2.42. The second kappa shape index (κ2) is 12.2. The molecule has 0 aliphatic carbocycles. The molecule has 2 aromatic carbocycles. The van der Waals surface area contributed by atoms with Gasteiger partial charge in [0.1, 0.15) is 17.2 Å². The van der Waals surface area contributed by atoms with Crippen LogP contribution in [0.1, 0.15) is 71.4 Å². The first kappa shape index (κ1) is 26.0. The van der Waals surface area contributed by atoms with Gasteiger partial charge in [0.2, 0.25) is 6.79 Å². The van der Waals surface area contributed by atoms with Gasteiger partial charge in [-0.3, -0.25) is 4.90 Å². The summed E-state index contributed by atoms with van der Waals surface area (Å²) in [6.45, 7) is 15.3. The molecule has 5 rings (SSSR count). The molecule has 1 saturated heterocycles. The standard InChI is InChI=1S/C24H29NO5.2C2H6/c1-4-27-16-7-8-17(19(11-16)26-3)23-15(2)24(25-9-5-6-10-25)30-20-13-22-21(12-18(20)23)28-14-29-22;2*1-2/h7-8,11-13,15,23-24H,4-6,9-10,14H2,1-3H3;2*1-2H3. The molecule has 0 aromatic heterocycles. The minimum atomic E-state index is 0.0154. The Hall–Kier alpha value is -2.60. The van der Waals surface area contributed by atoms with Gasteiger partial charge in [0.05, 0.1) is 13.7 Å². The van der Waals surface area contributed by atoms with E-state index in [9.17, 15) is 0 Å². The van der Waals surface area contributed by atoms with Crippen LogP contribution in [-0.2, 0) is 0 Å². The van der Waals surface area contributed by atoms with E-state index in [-0.39, 0.29) is 24.9 Å². The van der Waals surface area contributed by atoms with E-state index in [1.165, 1.54) is 12.8 Å². The van der Waals surface area contributed by atoms with E-state index < -0.39 is 0 Å². The van der Waals surface area contributed by atoms with Crippen molar-refractivity contribution in [1.82, 2.24) is 4.90 Å². The molecule has 3 atom stereocenters. The molecule has 0 N–H and O–H groups in total. The topological polar surface area (TPSA) is 49.4 Å². The highest BCUT2D eigenvalue weighted by molar-refractivity contribution is 5.58. The summed E-state index contributed by atoms with van der Waals surface area (Å²) in [4.78, 5) is 2.46. The molecular weight excluding hydrogens is 430 g/mol. The Kier molecular flexibility index (Phi) is 9.34. The average Bonchev–Trinajstić information content (AvgIpc) is 3.58. The number of hydrogen-bond acceptors (Lipinski definition) is 6. The maximum atomic E-state index is 6.57. The van der Waals surface area contributed by atoms with Crippen LogP contribution in [0, 0.1) is 5.92 Å². The van der Waals surface area contributed by atoms with E-state index in [0.717, 1.165) is 53.0 Å². The first-order valence-corrected chi connectivity index (χ1v) is 12.8. The Labute approximate surface area is 205 Å². The number of nitrogens with zero attached hydrogens (tertiary/aromatic N) is 1. The van der Waals surface area contributed by atoms with Crippen LogP contribution >= 0.6 is 0 Å². The van der Waals surface area contributed by atoms with Crippen LogP contribution < -0.4 is 23.7 Å². The highest BCUT2D eigenvalue weighted by Gasteiger charge is 2.42. The van der Waals surface area contributed by atoms with Crippen LogP contribution in [0.25, 0.3) is 0 Å². The SMILES string of the molecule is CC.CC.CCOc1ccc(C2c3cc4c(cc3OC(N3CCCC3)C2C)OCO4)c(OC)c1. The average molecular weight is 472 g/mol. The molecule has 3 aliphatic heterocycles. The third-order valence-corrected chi connectivity index (χ3v) is 6.41. The summed E-state index contributed by atoms with van der Waals surface area (Å²) in [5.74, 6) is 4.40. The number of ether oxygens (including phenoxy) is 5. The summed E-state index contributed by atoms with van der Waals surface area (Å²) in [5, 5.41) is 0. The third-order valence-electron chi connectivity index (χ3n) is 6.41. The number of likely N-dealkylation sites (tertiary alicyclic amines) is 1. The summed E-state index contributed by atoms with van der Waals surface area (Å²) in [6.07, 6.45) is 2.46. The van der Waals surface area contributed by atoms with Crippen LogP contribution in [0.5, 0.6) is 28.7 Å². The van der Waals surface area contributed by atoms with E-state index in [4.69, 9.17) is 23.7 Å². The summed E-state index contributed by atoms with van der Waals surface area (Å²) < 4.78 is 29.4. The second-order valence-electron chi connectivity index (χ2n) is 8.17. The lowest BCUT2D eigenvalue weighted by Crippen LogP contribution is -2.47. The van der Waals surface area contributed by atoms with E-state index in [1.807, 2.05) is 52.8 Å². The zero-order chi connectivity index (χ0) is 24.7. The molecule has 0 spiro atoms. The van der Waals surface area contributed by atoms with Crippen molar-refractivity contribution in [3.05, 3.63) is 41.5 Å². The zero-order valence-electron chi connectivity index (χ0n) is 21.8. The molecule has 3 heterocycles. The Morgan fingerprint density at radius 1 is 0.912 bits per heavy atom. The summed E-state index contributed by atoms with van der Waals surface area (Å²) in [5.41, 5.74) is 2.26. The monoisotopic (exact) mass is 471 g/mol. The molecule has 3 aliphatic rings. The Balaban J connectivity index is 0.000000771. The molecule has 0 amide bonds. The lowest BCUT2D eigenvalue weighted by molar-refractivity contribution is -0.0180.